The van der Waals surface area contributed by atoms with Crippen LogP contribution in [-0.2, 0) is 6.42 Å². The zero-order valence-corrected chi connectivity index (χ0v) is 17.1. The summed E-state index contributed by atoms with van der Waals surface area (Å²) >= 11 is 4.97. The second-order valence-electron chi connectivity index (χ2n) is 6.65. The van der Waals surface area contributed by atoms with Gasteiger partial charge in [0, 0.05) is 30.4 Å². The molecular weight excluding hydrogens is 398 g/mol. The van der Waals surface area contributed by atoms with Crippen LogP contribution in [0.5, 0.6) is 0 Å². The normalized spacial score (nSPS) is 15.4. The van der Waals surface area contributed by atoms with Gasteiger partial charge in [-0.25, -0.2) is 0 Å². The van der Waals surface area contributed by atoms with Gasteiger partial charge in [0.25, 0.3) is 5.91 Å². The van der Waals surface area contributed by atoms with E-state index in [1.165, 1.54) is 11.3 Å². The molecule has 1 amide bonds. The van der Waals surface area contributed by atoms with Crippen LogP contribution < -0.4 is 4.90 Å². The molecule has 1 N–H and O–H groups in total. The molecule has 1 aromatic heterocycles. The standard InChI is InChI=1S/C19H22BrN3OS/c1-12(22(2)3)10-16(21)13-4-6-15(7-5-13)23-9-8-14-11-17(20)25-18(14)19(23)24/h4-7,11-12,21H,8-10H2,1-3H3/t12-/m1/s1. The number of benzene rings is 1. The van der Waals surface area contributed by atoms with E-state index >= 15 is 0 Å². The van der Waals surface area contributed by atoms with Gasteiger partial charge < -0.3 is 15.2 Å². The van der Waals surface area contributed by atoms with Gasteiger partial charge >= 0.3 is 0 Å². The molecule has 2 heterocycles. The summed E-state index contributed by atoms with van der Waals surface area (Å²) in [7, 11) is 4.06. The predicted octanol–water partition coefficient (Wildman–Crippen LogP) is 4.42. The van der Waals surface area contributed by atoms with Gasteiger partial charge in [0.15, 0.2) is 0 Å². The molecule has 1 aliphatic rings. The Morgan fingerprint density at radius 2 is 2.04 bits per heavy atom. The van der Waals surface area contributed by atoms with Gasteiger partial charge in [0.1, 0.15) is 0 Å². The molecular formula is C19H22BrN3OS. The Kier molecular flexibility index (Phi) is 5.41. The maximum atomic E-state index is 12.7. The maximum absolute atomic E-state index is 12.7. The first-order valence-electron chi connectivity index (χ1n) is 8.31. The highest BCUT2D eigenvalue weighted by molar-refractivity contribution is 9.11. The molecule has 0 saturated heterocycles. The number of hydrogen-bond donors (Lipinski definition) is 1. The van der Waals surface area contributed by atoms with E-state index in [0.29, 0.717) is 24.7 Å². The Bertz CT molecular complexity index is 798. The smallest absolute Gasteiger partial charge is 0.268 e. The molecule has 0 spiro atoms. The number of hydrogen-bond acceptors (Lipinski definition) is 4. The highest BCUT2D eigenvalue weighted by Gasteiger charge is 2.27. The van der Waals surface area contributed by atoms with E-state index in [0.717, 1.165) is 31.9 Å². The van der Waals surface area contributed by atoms with Gasteiger partial charge in [-0.15, -0.1) is 11.3 Å². The fourth-order valence-corrected chi connectivity index (χ4v) is 4.55. The Hall–Kier alpha value is -1.50. The van der Waals surface area contributed by atoms with Crippen LogP contribution in [-0.4, -0.2) is 43.2 Å². The number of rotatable bonds is 5. The molecule has 0 saturated carbocycles. The number of nitrogens with zero attached hydrogens (tertiary/aromatic N) is 2. The number of halogens is 1. The van der Waals surface area contributed by atoms with E-state index in [1.54, 1.807) is 0 Å². The highest BCUT2D eigenvalue weighted by atomic mass is 79.9. The van der Waals surface area contributed by atoms with E-state index in [2.05, 4.69) is 27.8 Å². The summed E-state index contributed by atoms with van der Waals surface area (Å²) in [5.74, 6) is 0.0704. The van der Waals surface area contributed by atoms with Crippen LogP contribution in [0, 0.1) is 5.41 Å². The molecule has 1 aliphatic heterocycles. The Labute approximate surface area is 161 Å². The van der Waals surface area contributed by atoms with Crippen molar-refractivity contribution >= 4 is 44.6 Å². The third kappa shape index (κ3) is 3.86. The van der Waals surface area contributed by atoms with Crippen molar-refractivity contribution in [2.75, 3.05) is 25.5 Å². The molecule has 2 aromatic rings. The van der Waals surface area contributed by atoms with Crippen LogP contribution in [0.3, 0.4) is 0 Å². The van der Waals surface area contributed by atoms with Crippen LogP contribution in [0.2, 0.25) is 0 Å². The van der Waals surface area contributed by atoms with Crippen LogP contribution in [0.4, 0.5) is 5.69 Å². The van der Waals surface area contributed by atoms with Crippen LogP contribution in [0.1, 0.15) is 34.1 Å². The van der Waals surface area contributed by atoms with Crippen molar-refractivity contribution in [1.29, 1.82) is 5.41 Å². The molecule has 0 fully saturated rings. The number of carbonyl (C=O) groups excluding carboxylic acids is 1. The van der Waals surface area contributed by atoms with Crippen molar-refractivity contribution in [1.82, 2.24) is 4.90 Å². The molecule has 25 heavy (non-hydrogen) atoms. The molecule has 0 unspecified atom stereocenters. The Morgan fingerprint density at radius 3 is 2.68 bits per heavy atom. The second-order valence-corrected chi connectivity index (χ2v) is 9.09. The van der Waals surface area contributed by atoms with Crippen molar-refractivity contribution in [3.63, 3.8) is 0 Å². The largest absolute Gasteiger partial charge is 0.307 e. The number of thiophene rings is 1. The minimum Gasteiger partial charge on any atom is -0.307 e. The van der Waals surface area contributed by atoms with Crippen molar-refractivity contribution in [2.24, 2.45) is 0 Å². The molecule has 1 aromatic carbocycles. The van der Waals surface area contributed by atoms with E-state index in [4.69, 9.17) is 5.41 Å². The van der Waals surface area contributed by atoms with E-state index in [-0.39, 0.29) is 5.91 Å². The Morgan fingerprint density at radius 1 is 1.36 bits per heavy atom. The van der Waals surface area contributed by atoms with Gasteiger partial charge in [-0.2, -0.15) is 0 Å². The van der Waals surface area contributed by atoms with Crippen LogP contribution >= 0.6 is 27.3 Å². The summed E-state index contributed by atoms with van der Waals surface area (Å²) in [6.45, 7) is 2.81. The molecule has 4 nitrogen and oxygen atoms in total. The minimum atomic E-state index is 0.0704. The molecule has 3 rings (SSSR count). The average Bonchev–Trinajstić information content (AvgIpc) is 2.96. The summed E-state index contributed by atoms with van der Waals surface area (Å²) in [5.41, 5.74) is 3.58. The molecule has 6 heteroatoms. The summed E-state index contributed by atoms with van der Waals surface area (Å²) in [5, 5.41) is 8.30. The van der Waals surface area contributed by atoms with Gasteiger partial charge in [0.05, 0.1) is 8.66 Å². The quantitative estimate of drug-likeness (QED) is 0.728. The summed E-state index contributed by atoms with van der Waals surface area (Å²) in [6, 6.07) is 10.2. The summed E-state index contributed by atoms with van der Waals surface area (Å²) in [4.78, 5) is 17.5. The summed E-state index contributed by atoms with van der Waals surface area (Å²) in [6.07, 6.45) is 1.59. The lowest BCUT2D eigenvalue weighted by atomic mass is 10.0. The molecule has 1 atom stereocenters. The zero-order chi connectivity index (χ0) is 18.1. The van der Waals surface area contributed by atoms with E-state index in [9.17, 15) is 4.79 Å². The fourth-order valence-electron chi connectivity index (χ4n) is 2.90. The minimum absolute atomic E-state index is 0.0704. The number of anilines is 1. The predicted molar refractivity (Wildman–Crippen MR) is 108 cm³/mol. The first-order valence-corrected chi connectivity index (χ1v) is 9.92. The maximum Gasteiger partial charge on any atom is 0.268 e. The molecule has 0 bridgehead atoms. The molecule has 0 aliphatic carbocycles. The fraction of sp³-hybridized carbons (Fsp3) is 0.368. The van der Waals surface area contributed by atoms with Crippen LogP contribution in [0.15, 0.2) is 34.1 Å². The third-order valence-corrected chi connectivity index (χ3v) is 6.40. The number of carbonyl (C=O) groups is 1. The van der Waals surface area contributed by atoms with Gasteiger partial charge in [-0.05, 0) is 72.7 Å². The lowest BCUT2D eigenvalue weighted by molar-refractivity contribution is 0.0985. The van der Waals surface area contributed by atoms with E-state index < -0.39 is 0 Å². The lowest BCUT2D eigenvalue weighted by Gasteiger charge is -2.27. The number of nitrogens with one attached hydrogen (secondary N) is 1. The third-order valence-electron chi connectivity index (χ3n) is 4.73. The van der Waals surface area contributed by atoms with Crippen molar-refractivity contribution in [3.05, 3.63) is 50.1 Å². The number of fused-ring (bicyclic) bond motifs is 1. The Balaban J connectivity index is 1.75. The monoisotopic (exact) mass is 419 g/mol. The van der Waals surface area contributed by atoms with Crippen molar-refractivity contribution < 1.29 is 4.79 Å². The van der Waals surface area contributed by atoms with Gasteiger partial charge in [0.2, 0.25) is 0 Å². The SMILES string of the molecule is C[C@H](CC(=N)c1ccc(N2CCc3cc(Br)sc3C2=O)cc1)N(C)C. The topological polar surface area (TPSA) is 47.4 Å². The van der Waals surface area contributed by atoms with Crippen molar-refractivity contribution in [2.45, 2.75) is 25.8 Å². The number of amides is 1. The first-order chi connectivity index (χ1) is 11.9. The highest BCUT2D eigenvalue weighted by Crippen LogP contribution is 2.33. The average molecular weight is 420 g/mol. The molecule has 132 valence electrons. The first kappa shape index (κ1) is 18.3. The second kappa shape index (κ2) is 7.40. The van der Waals surface area contributed by atoms with Gasteiger partial charge in [-0.1, -0.05) is 12.1 Å². The zero-order valence-electron chi connectivity index (χ0n) is 14.7. The lowest BCUT2D eigenvalue weighted by Crippen LogP contribution is -2.36. The van der Waals surface area contributed by atoms with E-state index in [1.807, 2.05) is 49.3 Å². The summed E-state index contributed by atoms with van der Waals surface area (Å²) < 4.78 is 1.01. The van der Waals surface area contributed by atoms with Crippen LogP contribution in [0.25, 0.3) is 0 Å². The van der Waals surface area contributed by atoms with Gasteiger partial charge in [-0.3, -0.25) is 4.79 Å². The van der Waals surface area contributed by atoms with Crippen molar-refractivity contribution in [3.8, 4) is 0 Å². The molecule has 0 radical (unpaired) electrons.